The molecule has 0 saturated carbocycles. The smallest absolute Gasteiger partial charge is 0.338 e. The van der Waals surface area contributed by atoms with Crippen LogP contribution < -0.4 is 10.5 Å². The summed E-state index contributed by atoms with van der Waals surface area (Å²) in [6, 6.07) is 5.04. The largest absolute Gasteiger partial charge is 0.493 e. The van der Waals surface area contributed by atoms with Gasteiger partial charge >= 0.3 is 5.97 Å². The van der Waals surface area contributed by atoms with Crippen molar-refractivity contribution in [3.8, 4) is 5.75 Å². The summed E-state index contributed by atoms with van der Waals surface area (Å²) in [5.74, 6) is 0.242. The lowest BCUT2D eigenvalue weighted by Gasteiger charge is -2.09. The van der Waals surface area contributed by atoms with Crippen LogP contribution in [0, 0.1) is 0 Å². The van der Waals surface area contributed by atoms with Gasteiger partial charge in [-0.15, -0.1) is 0 Å². The molecule has 0 saturated heterocycles. The van der Waals surface area contributed by atoms with E-state index < -0.39 is 5.97 Å². The second-order valence-electron chi connectivity index (χ2n) is 8.43. The van der Waals surface area contributed by atoms with Crippen LogP contribution in [0.15, 0.2) is 18.2 Å². The van der Waals surface area contributed by atoms with E-state index in [9.17, 15) is 4.79 Å². The van der Waals surface area contributed by atoms with Gasteiger partial charge in [0.25, 0.3) is 0 Å². The monoisotopic (exact) mass is 419 g/mol. The molecule has 0 heterocycles. The number of ether oxygens (including phenoxy) is 2. The van der Waals surface area contributed by atoms with Crippen molar-refractivity contribution in [3.05, 3.63) is 23.8 Å². The van der Waals surface area contributed by atoms with Crippen molar-refractivity contribution in [2.75, 3.05) is 19.5 Å². The van der Waals surface area contributed by atoms with Gasteiger partial charge in [-0.1, -0.05) is 103 Å². The van der Waals surface area contributed by atoms with Crippen LogP contribution in [0.2, 0.25) is 0 Å². The third-order valence-corrected chi connectivity index (χ3v) is 5.62. The van der Waals surface area contributed by atoms with Crippen LogP contribution >= 0.6 is 0 Å². The fourth-order valence-corrected chi connectivity index (χ4v) is 3.78. The molecular formula is C26H45NO3. The Morgan fingerprint density at radius 2 is 1.20 bits per heavy atom. The Morgan fingerprint density at radius 1 is 0.733 bits per heavy atom. The molecule has 4 nitrogen and oxygen atoms in total. The zero-order valence-corrected chi connectivity index (χ0v) is 19.6. The summed E-state index contributed by atoms with van der Waals surface area (Å²) in [6.45, 7) is 2.93. The Balaban J connectivity index is 1.90. The predicted octanol–water partition coefficient (Wildman–Crippen LogP) is 7.70. The molecule has 172 valence electrons. The molecule has 0 spiro atoms. The van der Waals surface area contributed by atoms with Gasteiger partial charge in [-0.2, -0.15) is 0 Å². The molecule has 0 aliphatic rings. The minimum absolute atomic E-state index is 0.394. The van der Waals surface area contributed by atoms with Gasteiger partial charge in [-0.25, -0.2) is 4.79 Å². The molecule has 0 radical (unpaired) electrons. The first kappa shape index (κ1) is 26.3. The Hall–Kier alpha value is -1.71. The van der Waals surface area contributed by atoms with Crippen molar-refractivity contribution in [3.63, 3.8) is 0 Å². The molecule has 0 aliphatic heterocycles. The summed E-state index contributed by atoms with van der Waals surface area (Å²) < 4.78 is 10.5. The molecule has 0 amide bonds. The van der Waals surface area contributed by atoms with Crippen LogP contribution in [0.3, 0.4) is 0 Å². The van der Waals surface area contributed by atoms with Crippen molar-refractivity contribution in [1.29, 1.82) is 0 Å². The van der Waals surface area contributed by atoms with E-state index in [0.29, 0.717) is 23.6 Å². The molecule has 0 atom stereocenters. The molecule has 1 aromatic rings. The van der Waals surface area contributed by atoms with E-state index in [1.54, 1.807) is 18.2 Å². The predicted molar refractivity (Wildman–Crippen MR) is 127 cm³/mol. The molecule has 1 rings (SSSR count). The van der Waals surface area contributed by atoms with E-state index >= 15 is 0 Å². The number of esters is 1. The molecule has 4 heteroatoms. The standard InChI is InChI=1S/C26H45NO3/c1-3-4-5-6-7-8-9-10-11-12-13-14-15-16-17-18-19-30-25-21-23(26(28)29-2)20-24(27)22-25/h20-22H,3-19,27H2,1-2H3. The molecule has 0 bridgehead atoms. The maximum Gasteiger partial charge on any atom is 0.338 e. The molecule has 0 fully saturated rings. The van der Waals surface area contributed by atoms with Gasteiger partial charge in [0.2, 0.25) is 0 Å². The summed E-state index contributed by atoms with van der Waals surface area (Å²) in [7, 11) is 1.36. The molecule has 0 aromatic heterocycles. The first-order chi connectivity index (χ1) is 14.7. The van der Waals surface area contributed by atoms with Crippen LogP contribution in [0.1, 0.15) is 120 Å². The molecule has 0 unspecified atom stereocenters. The number of methoxy groups -OCH3 is 1. The molecule has 2 N–H and O–H groups in total. The van der Waals surface area contributed by atoms with Crippen molar-refractivity contribution < 1.29 is 14.3 Å². The van der Waals surface area contributed by atoms with Gasteiger partial charge in [0, 0.05) is 11.8 Å². The van der Waals surface area contributed by atoms with Crippen LogP contribution in [-0.4, -0.2) is 19.7 Å². The Bertz CT molecular complexity index is 559. The number of nitrogens with two attached hydrogens (primary N) is 1. The topological polar surface area (TPSA) is 61.5 Å². The lowest BCUT2D eigenvalue weighted by atomic mass is 10.0. The zero-order valence-electron chi connectivity index (χ0n) is 19.6. The van der Waals surface area contributed by atoms with E-state index in [1.807, 2.05) is 0 Å². The molecule has 30 heavy (non-hydrogen) atoms. The van der Waals surface area contributed by atoms with Crippen molar-refractivity contribution in [2.45, 2.75) is 110 Å². The Morgan fingerprint density at radius 3 is 1.67 bits per heavy atom. The van der Waals surface area contributed by atoms with Gasteiger partial charge < -0.3 is 15.2 Å². The highest BCUT2D eigenvalue weighted by atomic mass is 16.5. The van der Waals surface area contributed by atoms with E-state index in [1.165, 1.54) is 103 Å². The van der Waals surface area contributed by atoms with Crippen LogP contribution in [0.25, 0.3) is 0 Å². The highest BCUT2D eigenvalue weighted by molar-refractivity contribution is 5.90. The normalized spacial score (nSPS) is 10.9. The average molecular weight is 420 g/mol. The number of benzene rings is 1. The van der Waals surface area contributed by atoms with Gasteiger partial charge in [0.15, 0.2) is 0 Å². The summed E-state index contributed by atoms with van der Waals surface area (Å²) in [5, 5.41) is 0. The fraction of sp³-hybridized carbons (Fsp3) is 0.731. The summed E-state index contributed by atoms with van der Waals surface area (Å²) >= 11 is 0. The fourth-order valence-electron chi connectivity index (χ4n) is 3.78. The van der Waals surface area contributed by atoms with Crippen molar-refractivity contribution >= 4 is 11.7 Å². The maximum atomic E-state index is 11.6. The highest BCUT2D eigenvalue weighted by Crippen LogP contribution is 2.20. The summed E-state index contributed by atoms with van der Waals surface area (Å²) in [5.41, 5.74) is 6.77. The molecule has 0 aliphatic carbocycles. The number of nitrogen functional groups attached to an aromatic ring is 1. The Labute approximate surface area is 184 Å². The van der Waals surface area contributed by atoms with Crippen LogP contribution in [0.4, 0.5) is 5.69 Å². The molecular weight excluding hydrogens is 374 g/mol. The quantitative estimate of drug-likeness (QED) is 0.142. The number of hydrogen-bond acceptors (Lipinski definition) is 4. The molecule has 1 aromatic carbocycles. The van der Waals surface area contributed by atoms with Crippen molar-refractivity contribution in [1.82, 2.24) is 0 Å². The van der Waals surface area contributed by atoms with Gasteiger partial charge in [0.1, 0.15) is 5.75 Å². The van der Waals surface area contributed by atoms with Gasteiger partial charge in [-0.05, 0) is 18.6 Å². The lowest BCUT2D eigenvalue weighted by molar-refractivity contribution is 0.0600. The SMILES string of the molecule is CCCCCCCCCCCCCCCCCCOc1cc(N)cc(C(=O)OC)c1. The first-order valence-corrected chi connectivity index (χ1v) is 12.3. The second kappa shape index (κ2) is 18.1. The van der Waals surface area contributed by atoms with E-state index in [0.717, 1.165) is 6.42 Å². The first-order valence-electron chi connectivity index (χ1n) is 12.3. The number of carbonyl (C=O) groups is 1. The maximum absolute atomic E-state index is 11.6. The summed E-state index contributed by atoms with van der Waals surface area (Å²) in [6.07, 6.45) is 21.7. The zero-order chi connectivity index (χ0) is 21.9. The van der Waals surface area contributed by atoms with Crippen molar-refractivity contribution in [2.24, 2.45) is 0 Å². The van der Waals surface area contributed by atoms with E-state index in [2.05, 4.69) is 6.92 Å². The summed E-state index contributed by atoms with van der Waals surface area (Å²) in [4.78, 5) is 11.6. The number of hydrogen-bond donors (Lipinski definition) is 1. The van der Waals surface area contributed by atoms with Crippen LogP contribution in [-0.2, 0) is 4.74 Å². The highest BCUT2D eigenvalue weighted by Gasteiger charge is 2.08. The lowest BCUT2D eigenvalue weighted by Crippen LogP contribution is -2.04. The number of unbranched alkanes of at least 4 members (excludes halogenated alkanes) is 15. The third kappa shape index (κ3) is 13.5. The minimum Gasteiger partial charge on any atom is -0.493 e. The average Bonchev–Trinajstić information content (AvgIpc) is 2.75. The Kier molecular flexibility index (Phi) is 15.9. The van der Waals surface area contributed by atoms with Gasteiger partial charge in [-0.3, -0.25) is 0 Å². The third-order valence-electron chi connectivity index (χ3n) is 5.62. The number of rotatable bonds is 19. The van der Waals surface area contributed by atoms with Crippen LogP contribution in [0.5, 0.6) is 5.75 Å². The minimum atomic E-state index is -0.394. The number of carbonyl (C=O) groups excluding carboxylic acids is 1. The van der Waals surface area contributed by atoms with E-state index in [4.69, 9.17) is 15.2 Å². The second-order valence-corrected chi connectivity index (χ2v) is 8.43. The van der Waals surface area contributed by atoms with Gasteiger partial charge in [0.05, 0.1) is 19.3 Å². The number of anilines is 1. The van der Waals surface area contributed by atoms with E-state index in [-0.39, 0.29) is 0 Å².